The summed E-state index contributed by atoms with van der Waals surface area (Å²) in [6.07, 6.45) is 1.70. The van der Waals surface area contributed by atoms with Crippen molar-refractivity contribution in [2.24, 2.45) is 0 Å². The van der Waals surface area contributed by atoms with Crippen LogP contribution in [0.3, 0.4) is 0 Å². The Balaban J connectivity index is 1.78. The Morgan fingerprint density at radius 2 is 1.96 bits per heavy atom. The third kappa shape index (κ3) is 3.79. The van der Waals surface area contributed by atoms with Gasteiger partial charge in [-0.15, -0.1) is 0 Å². The second kappa shape index (κ2) is 6.22. The fraction of sp³-hybridized carbons (Fsp3) is 0.368. The zero-order valence-electron chi connectivity index (χ0n) is 14.3. The fourth-order valence-corrected chi connectivity index (χ4v) is 3.95. The van der Waals surface area contributed by atoms with E-state index in [1.54, 1.807) is 18.2 Å². The lowest BCUT2D eigenvalue weighted by atomic mass is 9.94. The molecule has 0 fully saturated rings. The van der Waals surface area contributed by atoms with Crippen LogP contribution in [0, 0.1) is 6.92 Å². The number of benzene rings is 2. The summed E-state index contributed by atoms with van der Waals surface area (Å²) in [5.41, 5.74) is 2.81. The number of hydrogen-bond donors (Lipinski definition) is 1. The van der Waals surface area contributed by atoms with Gasteiger partial charge >= 0.3 is 0 Å². The quantitative estimate of drug-likeness (QED) is 0.921. The van der Waals surface area contributed by atoms with Crippen molar-refractivity contribution in [3.8, 4) is 5.75 Å². The van der Waals surface area contributed by atoms with E-state index in [0.717, 1.165) is 35.3 Å². The molecule has 0 bridgehead atoms. The van der Waals surface area contributed by atoms with Gasteiger partial charge < -0.3 is 4.74 Å². The molecule has 2 aromatic rings. The van der Waals surface area contributed by atoms with Gasteiger partial charge in [-0.3, -0.25) is 0 Å². The summed E-state index contributed by atoms with van der Waals surface area (Å²) in [7, 11) is -3.54. The Labute approximate surface area is 143 Å². The first-order chi connectivity index (χ1) is 11.3. The molecule has 2 aromatic carbocycles. The lowest BCUT2D eigenvalue weighted by Gasteiger charge is -2.32. The zero-order valence-corrected chi connectivity index (χ0v) is 15.1. The lowest BCUT2D eigenvalue weighted by molar-refractivity contribution is 0.0845. The number of ether oxygens (including phenoxy) is 1. The molecule has 1 aliphatic heterocycles. The van der Waals surface area contributed by atoms with Crippen LogP contribution in [0.2, 0.25) is 0 Å². The molecule has 0 amide bonds. The van der Waals surface area contributed by atoms with E-state index in [0.29, 0.717) is 0 Å². The van der Waals surface area contributed by atoms with E-state index < -0.39 is 10.0 Å². The molecule has 1 aliphatic rings. The molecule has 1 heterocycles. The number of aryl methyl sites for hydroxylation is 2. The van der Waals surface area contributed by atoms with E-state index in [2.05, 4.69) is 4.72 Å². The van der Waals surface area contributed by atoms with Gasteiger partial charge in [0.1, 0.15) is 11.4 Å². The molecule has 0 aromatic heterocycles. The highest BCUT2D eigenvalue weighted by molar-refractivity contribution is 7.89. The summed E-state index contributed by atoms with van der Waals surface area (Å²) in [4.78, 5) is 0.289. The van der Waals surface area contributed by atoms with Gasteiger partial charge in [0.15, 0.2) is 0 Å². The molecule has 0 saturated heterocycles. The first-order valence-electron chi connectivity index (χ1n) is 8.12. The molecule has 0 unspecified atom stereocenters. The number of sulfonamides is 1. The highest BCUT2D eigenvalue weighted by atomic mass is 32.2. The summed E-state index contributed by atoms with van der Waals surface area (Å²) < 4.78 is 33.7. The van der Waals surface area contributed by atoms with Crippen molar-refractivity contribution in [3.63, 3.8) is 0 Å². The minimum atomic E-state index is -3.54. The van der Waals surface area contributed by atoms with Crippen molar-refractivity contribution in [1.82, 2.24) is 4.72 Å². The van der Waals surface area contributed by atoms with Gasteiger partial charge in [-0.05, 0) is 62.9 Å². The van der Waals surface area contributed by atoms with E-state index in [-0.39, 0.29) is 17.0 Å². The number of rotatable bonds is 4. The van der Waals surface area contributed by atoms with Crippen LogP contribution in [0.5, 0.6) is 5.75 Å². The predicted octanol–water partition coefficient (Wildman–Crippen LogP) is 3.58. The van der Waals surface area contributed by atoms with Gasteiger partial charge in [0.25, 0.3) is 0 Å². The van der Waals surface area contributed by atoms with E-state index in [4.69, 9.17) is 4.74 Å². The van der Waals surface area contributed by atoms with Crippen molar-refractivity contribution in [1.29, 1.82) is 0 Å². The van der Waals surface area contributed by atoms with Gasteiger partial charge in [0.05, 0.1) is 4.90 Å². The molecule has 1 N–H and O–H groups in total. The van der Waals surface area contributed by atoms with Crippen molar-refractivity contribution in [2.45, 2.75) is 50.7 Å². The van der Waals surface area contributed by atoms with E-state index in [9.17, 15) is 8.42 Å². The molecule has 0 aliphatic carbocycles. The molecule has 5 heteroatoms. The maximum absolute atomic E-state index is 12.6. The second-order valence-corrected chi connectivity index (χ2v) is 8.71. The van der Waals surface area contributed by atoms with Gasteiger partial charge in [-0.1, -0.05) is 29.8 Å². The minimum absolute atomic E-state index is 0.198. The molecule has 0 spiro atoms. The summed E-state index contributed by atoms with van der Waals surface area (Å²) in [5.74, 6) is 0.781. The summed E-state index contributed by atoms with van der Waals surface area (Å²) in [6, 6.07) is 12.9. The van der Waals surface area contributed by atoms with Crippen LogP contribution in [-0.4, -0.2) is 14.0 Å². The molecule has 0 radical (unpaired) electrons. The van der Waals surface area contributed by atoms with Crippen LogP contribution >= 0.6 is 0 Å². The fourth-order valence-electron chi connectivity index (χ4n) is 2.89. The van der Waals surface area contributed by atoms with Gasteiger partial charge in [0.2, 0.25) is 10.0 Å². The maximum atomic E-state index is 12.6. The Morgan fingerprint density at radius 1 is 1.17 bits per heavy atom. The van der Waals surface area contributed by atoms with Gasteiger partial charge in [-0.25, -0.2) is 13.1 Å². The van der Waals surface area contributed by atoms with Gasteiger partial charge in [0, 0.05) is 6.54 Å². The van der Waals surface area contributed by atoms with Crippen LogP contribution in [0.15, 0.2) is 47.4 Å². The maximum Gasteiger partial charge on any atom is 0.240 e. The Hall–Kier alpha value is -1.85. The van der Waals surface area contributed by atoms with E-state index in [1.165, 1.54) is 0 Å². The highest BCUT2D eigenvalue weighted by Crippen LogP contribution is 2.34. The average molecular weight is 345 g/mol. The molecule has 24 heavy (non-hydrogen) atoms. The van der Waals surface area contributed by atoms with Crippen molar-refractivity contribution < 1.29 is 13.2 Å². The standard InChI is InChI=1S/C19H23NO3S/c1-14-5-4-6-15(11-14)13-20-24(21,22)17-7-8-18-16(12-17)9-10-19(2,3)23-18/h4-8,11-12,20H,9-10,13H2,1-3H3. The van der Waals surface area contributed by atoms with E-state index >= 15 is 0 Å². The van der Waals surface area contributed by atoms with Crippen molar-refractivity contribution in [2.75, 3.05) is 0 Å². The van der Waals surface area contributed by atoms with Crippen LogP contribution in [0.25, 0.3) is 0 Å². The minimum Gasteiger partial charge on any atom is -0.488 e. The Kier molecular flexibility index (Phi) is 4.40. The molecule has 4 nitrogen and oxygen atoms in total. The monoisotopic (exact) mass is 345 g/mol. The summed E-state index contributed by atoms with van der Waals surface area (Å²) in [6.45, 7) is 6.36. The average Bonchev–Trinajstić information content (AvgIpc) is 2.52. The zero-order chi connectivity index (χ0) is 17.4. The molecular weight excluding hydrogens is 322 g/mol. The first-order valence-corrected chi connectivity index (χ1v) is 9.61. The molecule has 0 atom stereocenters. The smallest absolute Gasteiger partial charge is 0.240 e. The lowest BCUT2D eigenvalue weighted by Crippen LogP contribution is -2.32. The predicted molar refractivity (Wildman–Crippen MR) is 94.7 cm³/mol. The highest BCUT2D eigenvalue weighted by Gasteiger charge is 2.27. The van der Waals surface area contributed by atoms with Crippen molar-refractivity contribution in [3.05, 3.63) is 59.2 Å². The van der Waals surface area contributed by atoms with Gasteiger partial charge in [-0.2, -0.15) is 0 Å². The Morgan fingerprint density at radius 3 is 2.71 bits per heavy atom. The van der Waals surface area contributed by atoms with Crippen LogP contribution in [0.1, 0.15) is 37.0 Å². The molecule has 0 saturated carbocycles. The van der Waals surface area contributed by atoms with Crippen molar-refractivity contribution >= 4 is 10.0 Å². The summed E-state index contributed by atoms with van der Waals surface area (Å²) in [5, 5.41) is 0. The number of fused-ring (bicyclic) bond motifs is 1. The van der Waals surface area contributed by atoms with E-state index in [1.807, 2.05) is 45.0 Å². The van der Waals surface area contributed by atoms with Crippen LogP contribution < -0.4 is 9.46 Å². The Bertz CT molecular complexity index is 857. The van der Waals surface area contributed by atoms with Crippen LogP contribution in [-0.2, 0) is 23.0 Å². The molecule has 128 valence electrons. The summed E-state index contributed by atoms with van der Waals surface area (Å²) >= 11 is 0. The number of nitrogens with one attached hydrogen (secondary N) is 1. The second-order valence-electron chi connectivity index (χ2n) is 6.94. The largest absolute Gasteiger partial charge is 0.488 e. The normalized spacial score (nSPS) is 16.3. The number of hydrogen-bond acceptors (Lipinski definition) is 3. The SMILES string of the molecule is Cc1cccc(CNS(=O)(=O)c2ccc3c(c2)CCC(C)(C)O3)c1. The third-order valence-corrected chi connectivity index (χ3v) is 5.67. The topological polar surface area (TPSA) is 55.4 Å². The molecular formula is C19H23NO3S. The first kappa shape index (κ1) is 17.0. The molecule has 3 rings (SSSR count). The third-order valence-electron chi connectivity index (χ3n) is 4.27. The van der Waals surface area contributed by atoms with Crippen LogP contribution in [0.4, 0.5) is 0 Å².